The average molecular weight is 676 g/mol. The molecule has 0 aromatic rings. The topological polar surface area (TPSA) is 234 Å². The largest absolute Gasteiger partial charge is 0.501 e. The summed E-state index contributed by atoms with van der Waals surface area (Å²) in [6.45, 7) is 13.0. The molecule has 0 bridgehead atoms. The fourth-order valence-electron chi connectivity index (χ4n) is 2.23. The zero-order valence-corrected chi connectivity index (χ0v) is 29.2. The second-order valence-electron chi connectivity index (χ2n) is 9.86. The van der Waals surface area contributed by atoms with Crippen LogP contribution in [0, 0.1) is 0 Å². The molecule has 0 aliphatic rings. The fraction of sp³-hybridized carbons (Fsp3) is 0.586. The third-order valence-corrected chi connectivity index (χ3v) is 4.32. The Morgan fingerprint density at radius 2 is 1.15 bits per heavy atom. The summed E-state index contributed by atoms with van der Waals surface area (Å²) >= 11 is 0. The van der Waals surface area contributed by atoms with Crippen LogP contribution < -0.4 is 5.84 Å². The molecular formula is C29H49N5O13. The molecule has 47 heavy (non-hydrogen) atoms. The zero-order chi connectivity index (χ0) is 37.5. The van der Waals surface area contributed by atoms with Crippen molar-refractivity contribution in [3.63, 3.8) is 0 Å². The molecule has 18 nitrogen and oxygen atoms in total. The first-order valence-electron chi connectivity index (χ1n) is 14.1. The first kappa shape index (κ1) is 46.4. The molecule has 0 aromatic carbocycles. The number of ether oxygens (including phenoxy) is 5. The van der Waals surface area contributed by atoms with Gasteiger partial charge in [-0.2, -0.15) is 5.10 Å². The van der Waals surface area contributed by atoms with Crippen LogP contribution in [0.2, 0.25) is 0 Å². The number of aliphatic hydroxyl groups excluding tert-OH is 1. The summed E-state index contributed by atoms with van der Waals surface area (Å²) in [6, 6.07) is 0. The number of amides is 2. The lowest BCUT2D eigenvalue weighted by atomic mass is 10.2. The summed E-state index contributed by atoms with van der Waals surface area (Å²) in [4.78, 5) is 80.9. The third-order valence-electron chi connectivity index (χ3n) is 4.32. The van der Waals surface area contributed by atoms with Crippen molar-refractivity contribution in [1.29, 1.82) is 0 Å². The lowest BCUT2D eigenvalue weighted by Gasteiger charge is -2.22. The number of hydrazine groups is 1. The summed E-state index contributed by atoms with van der Waals surface area (Å²) in [6.07, 6.45) is 1.28. The molecule has 268 valence electrons. The van der Waals surface area contributed by atoms with Gasteiger partial charge in [0.05, 0.1) is 32.6 Å². The standard InChI is InChI=1S/C15H24N2O7.C11H17NO5.C3H8N2O/c1-7-22-12(19)10(11(18)13(20)23-8-2)9-16-17(6)14(21)24-15(3,4)5;1-5-16-10(14)8(7-12(3)4)9(13)11(15)17-6-2;1-3(6)5(2)4/h9,18H,7-8H2,1-6H3;7H,5-6H2,1-4H3;4H2,1-2H3/b;8-7-;. The van der Waals surface area contributed by atoms with Gasteiger partial charge in [0.25, 0.3) is 5.78 Å². The Kier molecular flexibility index (Phi) is 24.0. The van der Waals surface area contributed by atoms with E-state index in [1.165, 1.54) is 32.1 Å². The van der Waals surface area contributed by atoms with Crippen LogP contribution in [0.5, 0.6) is 0 Å². The Morgan fingerprint density at radius 1 is 0.745 bits per heavy atom. The molecule has 0 rings (SSSR count). The van der Waals surface area contributed by atoms with Gasteiger partial charge in [-0.15, -0.1) is 0 Å². The quantitative estimate of drug-likeness (QED) is 0.0253. The van der Waals surface area contributed by atoms with E-state index in [-0.39, 0.29) is 37.9 Å². The van der Waals surface area contributed by atoms with Gasteiger partial charge in [-0.05, 0) is 48.5 Å². The van der Waals surface area contributed by atoms with E-state index in [2.05, 4.69) is 14.6 Å². The minimum atomic E-state index is -1.10. The van der Waals surface area contributed by atoms with Crippen LogP contribution >= 0.6 is 0 Å². The van der Waals surface area contributed by atoms with Crippen LogP contribution in [0.25, 0.3) is 0 Å². The Hall–Kier alpha value is -5.00. The number of nitrogens with two attached hydrogens (primary N) is 1. The maximum Gasteiger partial charge on any atom is 0.430 e. The molecule has 2 amide bonds. The summed E-state index contributed by atoms with van der Waals surface area (Å²) in [7, 11) is 6.03. The highest BCUT2D eigenvalue weighted by Gasteiger charge is 2.27. The van der Waals surface area contributed by atoms with E-state index >= 15 is 0 Å². The number of hydrazone groups is 1. The maximum atomic E-state index is 11.8. The molecule has 0 saturated heterocycles. The van der Waals surface area contributed by atoms with Gasteiger partial charge in [0.1, 0.15) is 16.7 Å². The summed E-state index contributed by atoms with van der Waals surface area (Å²) < 4.78 is 23.7. The molecule has 0 heterocycles. The lowest BCUT2D eigenvalue weighted by Crippen LogP contribution is -2.31. The van der Waals surface area contributed by atoms with Gasteiger partial charge in [0.2, 0.25) is 11.7 Å². The molecule has 18 heteroatoms. The molecule has 0 fully saturated rings. The zero-order valence-electron chi connectivity index (χ0n) is 29.2. The van der Waals surface area contributed by atoms with Crippen molar-refractivity contribution >= 4 is 47.9 Å². The number of carbonyl (C=O) groups is 7. The second-order valence-corrected chi connectivity index (χ2v) is 9.86. The number of nitrogens with zero attached hydrogens (tertiary/aromatic N) is 4. The lowest BCUT2D eigenvalue weighted by molar-refractivity contribution is -0.154. The predicted octanol–water partition coefficient (Wildman–Crippen LogP) is 1.24. The minimum Gasteiger partial charge on any atom is -0.501 e. The van der Waals surface area contributed by atoms with E-state index in [1.54, 1.807) is 62.6 Å². The molecule has 0 aromatic heterocycles. The summed E-state index contributed by atoms with van der Waals surface area (Å²) in [5, 5.41) is 15.3. The number of aliphatic hydroxyl groups is 1. The average Bonchev–Trinajstić information content (AvgIpc) is 2.95. The van der Waals surface area contributed by atoms with Crippen molar-refractivity contribution in [2.24, 2.45) is 10.9 Å². The summed E-state index contributed by atoms with van der Waals surface area (Å²) in [5.74, 6) is -1.16. The highest BCUT2D eigenvalue weighted by atomic mass is 16.6. The molecule has 0 radical (unpaired) electrons. The van der Waals surface area contributed by atoms with Gasteiger partial charge < -0.3 is 33.7 Å². The Morgan fingerprint density at radius 3 is 1.53 bits per heavy atom. The van der Waals surface area contributed by atoms with Crippen LogP contribution in [-0.4, -0.2) is 128 Å². The van der Waals surface area contributed by atoms with Gasteiger partial charge in [0, 0.05) is 41.3 Å². The van der Waals surface area contributed by atoms with Crippen molar-refractivity contribution in [3.8, 4) is 0 Å². The van der Waals surface area contributed by atoms with Crippen molar-refractivity contribution in [3.05, 3.63) is 23.1 Å². The normalized spacial score (nSPS) is 11.2. The van der Waals surface area contributed by atoms with E-state index in [9.17, 15) is 38.7 Å². The number of carbonyl (C=O) groups excluding carboxylic acids is 7. The Labute approximate surface area is 275 Å². The number of Topliss-reactive ketones (excluding diaryl/α,β-unsaturated/α-hetero) is 1. The van der Waals surface area contributed by atoms with E-state index < -0.39 is 52.7 Å². The number of ketones is 1. The van der Waals surface area contributed by atoms with Crippen LogP contribution in [0.1, 0.15) is 55.4 Å². The Balaban J connectivity index is -0.000000728. The first-order valence-corrected chi connectivity index (χ1v) is 14.1. The monoisotopic (exact) mass is 675 g/mol. The van der Waals surface area contributed by atoms with E-state index in [1.807, 2.05) is 0 Å². The third kappa shape index (κ3) is 22.2. The van der Waals surface area contributed by atoms with E-state index in [4.69, 9.17) is 20.1 Å². The number of esters is 4. The molecule has 0 aliphatic heterocycles. The predicted molar refractivity (Wildman–Crippen MR) is 168 cm³/mol. The maximum absolute atomic E-state index is 11.8. The highest BCUT2D eigenvalue weighted by molar-refractivity contribution is 6.46. The summed E-state index contributed by atoms with van der Waals surface area (Å²) in [5.41, 5.74) is -1.60. The van der Waals surface area contributed by atoms with Crippen LogP contribution in [0.15, 0.2) is 28.2 Å². The highest BCUT2D eigenvalue weighted by Crippen LogP contribution is 2.10. The van der Waals surface area contributed by atoms with Crippen molar-refractivity contribution in [1.82, 2.24) is 14.9 Å². The van der Waals surface area contributed by atoms with Gasteiger partial charge >= 0.3 is 30.0 Å². The molecule has 0 spiro atoms. The van der Waals surface area contributed by atoms with Gasteiger partial charge in [0.15, 0.2) is 0 Å². The Bertz CT molecular complexity index is 1170. The first-order chi connectivity index (χ1) is 21.6. The number of hydrogen-bond acceptors (Lipinski definition) is 16. The molecular weight excluding hydrogens is 626 g/mol. The minimum absolute atomic E-state index is 0.00789. The molecule has 0 unspecified atom stereocenters. The molecule has 0 aliphatic carbocycles. The molecule has 0 atom stereocenters. The second kappa shape index (κ2) is 24.3. The van der Waals surface area contributed by atoms with Crippen molar-refractivity contribution in [2.75, 3.05) is 54.6 Å². The van der Waals surface area contributed by atoms with Crippen LogP contribution in [0.3, 0.4) is 0 Å². The van der Waals surface area contributed by atoms with E-state index in [0.29, 0.717) is 0 Å². The van der Waals surface area contributed by atoms with Crippen molar-refractivity contribution in [2.45, 2.75) is 61.0 Å². The molecule has 0 saturated carbocycles. The molecule has 3 N–H and O–H groups in total. The van der Waals surface area contributed by atoms with Gasteiger partial charge in [-0.3, -0.25) is 14.6 Å². The number of hydrogen-bond donors (Lipinski definition) is 2. The smallest absolute Gasteiger partial charge is 0.430 e. The van der Waals surface area contributed by atoms with Crippen LogP contribution in [-0.2, 0) is 52.5 Å². The van der Waals surface area contributed by atoms with E-state index in [0.717, 1.165) is 16.2 Å². The SMILES string of the molecule is CC(=O)N(C)N.CCOC(=O)C(=O)/C(=C/N(C)C)C(=O)OCC.CCOC(=O)C(O)=C(C=NN(C)C(=O)OC(C)(C)C)C(=O)OCC. The number of rotatable bonds is 12. The van der Waals surface area contributed by atoms with Gasteiger partial charge in [-0.1, -0.05) is 0 Å². The van der Waals surface area contributed by atoms with Crippen LogP contribution in [0.4, 0.5) is 4.79 Å². The van der Waals surface area contributed by atoms with Crippen molar-refractivity contribution < 1.29 is 62.4 Å². The fourth-order valence-corrected chi connectivity index (χ4v) is 2.23. The van der Waals surface area contributed by atoms with Gasteiger partial charge in [-0.25, -0.2) is 34.8 Å².